The maximum Gasteiger partial charge on any atom is 0.453 e. The third-order valence-corrected chi connectivity index (χ3v) is 5.30. The number of aromatic nitrogens is 4. The maximum atomic E-state index is 13.0. The van der Waals surface area contributed by atoms with Gasteiger partial charge in [0, 0.05) is 31.9 Å². The van der Waals surface area contributed by atoms with E-state index in [4.69, 9.17) is 23.2 Å². The van der Waals surface area contributed by atoms with Crippen molar-refractivity contribution in [3.8, 4) is 0 Å². The number of hydrogen-bond donors (Lipinski definition) is 1. The molecule has 8 nitrogen and oxygen atoms in total. The molecule has 2 amide bonds. The van der Waals surface area contributed by atoms with Crippen molar-refractivity contribution in [2.75, 3.05) is 36.4 Å². The highest BCUT2D eigenvalue weighted by atomic mass is 35.5. The van der Waals surface area contributed by atoms with Gasteiger partial charge in [0.15, 0.2) is 5.65 Å². The van der Waals surface area contributed by atoms with Gasteiger partial charge in [-0.25, -0.2) is 4.79 Å². The smallest absolute Gasteiger partial charge is 0.352 e. The molecule has 13 heteroatoms. The van der Waals surface area contributed by atoms with Crippen molar-refractivity contribution in [1.82, 2.24) is 24.7 Å². The van der Waals surface area contributed by atoms with Crippen LogP contribution in [0.2, 0.25) is 10.0 Å². The van der Waals surface area contributed by atoms with Crippen LogP contribution in [0.25, 0.3) is 5.65 Å². The summed E-state index contributed by atoms with van der Waals surface area (Å²) in [5.41, 5.74) is 0.516. The number of fused-ring (bicyclic) bond motifs is 1. The van der Waals surface area contributed by atoms with Gasteiger partial charge in [-0.15, -0.1) is 15.3 Å². The first-order chi connectivity index (χ1) is 14.2. The predicted molar refractivity (Wildman–Crippen MR) is 105 cm³/mol. The minimum atomic E-state index is -4.66. The normalized spacial score (nSPS) is 15.0. The van der Waals surface area contributed by atoms with E-state index in [1.54, 1.807) is 34.1 Å². The van der Waals surface area contributed by atoms with Crippen LogP contribution in [-0.2, 0) is 6.18 Å². The Hall–Kier alpha value is -2.79. The number of amides is 2. The fourth-order valence-corrected chi connectivity index (χ4v) is 3.34. The van der Waals surface area contributed by atoms with E-state index in [1.807, 2.05) is 0 Å². The van der Waals surface area contributed by atoms with Crippen molar-refractivity contribution >= 4 is 46.4 Å². The molecule has 0 radical (unpaired) electrons. The van der Waals surface area contributed by atoms with Gasteiger partial charge in [-0.1, -0.05) is 23.2 Å². The molecule has 1 N–H and O–H groups in total. The summed E-state index contributed by atoms with van der Waals surface area (Å²) in [5.74, 6) is -0.837. The lowest BCUT2D eigenvalue weighted by Crippen LogP contribution is -2.50. The molecule has 3 aromatic rings. The Balaban J connectivity index is 1.42. The van der Waals surface area contributed by atoms with Crippen molar-refractivity contribution in [1.29, 1.82) is 0 Å². The summed E-state index contributed by atoms with van der Waals surface area (Å²) < 4.78 is 39.8. The van der Waals surface area contributed by atoms with Gasteiger partial charge in [-0.3, -0.25) is 0 Å². The van der Waals surface area contributed by atoms with Crippen LogP contribution in [0.15, 0.2) is 30.3 Å². The monoisotopic (exact) mass is 459 g/mol. The standard InChI is InChI=1S/C17H14Cl2F3N7O/c18-11-2-1-10(9-12(11)19)23-16(30)28-7-5-27(6-8-28)14-4-3-13-24-25-15(17(20,21)22)29(13)26-14/h1-4,9H,5-8H2,(H,23,30). The first-order valence-corrected chi connectivity index (χ1v) is 9.53. The van der Waals surface area contributed by atoms with Crippen LogP contribution in [0.3, 0.4) is 0 Å². The molecule has 158 valence electrons. The topological polar surface area (TPSA) is 78.7 Å². The molecule has 30 heavy (non-hydrogen) atoms. The molecule has 1 fully saturated rings. The number of alkyl halides is 3. The SMILES string of the molecule is O=C(Nc1ccc(Cl)c(Cl)c1)N1CCN(c2ccc3nnc(C(F)(F)F)n3n2)CC1. The summed E-state index contributed by atoms with van der Waals surface area (Å²) in [6.07, 6.45) is -4.66. The molecule has 1 aromatic carbocycles. The van der Waals surface area contributed by atoms with Gasteiger partial charge < -0.3 is 15.1 Å². The molecule has 1 saturated heterocycles. The molecule has 3 heterocycles. The van der Waals surface area contributed by atoms with Crippen LogP contribution in [0.1, 0.15) is 5.82 Å². The number of nitrogens with zero attached hydrogens (tertiary/aromatic N) is 6. The van der Waals surface area contributed by atoms with Crippen LogP contribution in [0.5, 0.6) is 0 Å². The molecule has 1 aliphatic rings. The highest BCUT2D eigenvalue weighted by Crippen LogP contribution is 2.28. The molecule has 0 spiro atoms. The largest absolute Gasteiger partial charge is 0.453 e. The van der Waals surface area contributed by atoms with Crippen molar-refractivity contribution in [2.24, 2.45) is 0 Å². The minimum absolute atomic E-state index is 0.00529. The van der Waals surface area contributed by atoms with E-state index in [2.05, 4.69) is 20.6 Å². The Morgan fingerprint density at radius 3 is 2.40 bits per heavy atom. The fourth-order valence-electron chi connectivity index (χ4n) is 3.04. The first-order valence-electron chi connectivity index (χ1n) is 8.78. The summed E-state index contributed by atoms with van der Waals surface area (Å²) in [5, 5.41) is 14.1. The number of carbonyl (C=O) groups excluding carboxylic acids is 1. The summed E-state index contributed by atoms with van der Waals surface area (Å²) in [7, 11) is 0. The number of nitrogens with one attached hydrogen (secondary N) is 1. The quantitative estimate of drug-likeness (QED) is 0.630. The maximum absolute atomic E-state index is 13.0. The Morgan fingerprint density at radius 2 is 1.73 bits per heavy atom. The van der Waals surface area contributed by atoms with E-state index >= 15 is 0 Å². The van der Waals surface area contributed by atoms with E-state index in [0.29, 0.717) is 52.2 Å². The summed E-state index contributed by atoms with van der Waals surface area (Å²) in [6, 6.07) is 7.46. The zero-order chi connectivity index (χ0) is 21.5. The van der Waals surface area contributed by atoms with Gasteiger partial charge in [0.05, 0.1) is 10.0 Å². The second kappa shape index (κ2) is 7.80. The number of anilines is 2. The lowest BCUT2D eigenvalue weighted by Gasteiger charge is -2.35. The molecule has 0 unspecified atom stereocenters. The molecule has 2 aromatic heterocycles. The zero-order valence-corrected chi connectivity index (χ0v) is 16.7. The highest BCUT2D eigenvalue weighted by molar-refractivity contribution is 6.42. The number of rotatable bonds is 2. The van der Waals surface area contributed by atoms with Crippen molar-refractivity contribution in [2.45, 2.75) is 6.18 Å². The Kier molecular flexibility index (Phi) is 5.33. The second-order valence-electron chi connectivity index (χ2n) is 6.52. The lowest BCUT2D eigenvalue weighted by atomic mass is 10.3. The van der Waals surface area contributed by atoms with Gasteiger partial charge in [0.25, 0.3) is 5.82 Å². The van der Waals surface area contributed by atoms with Crippen LogP contribution < -0.4 is 10.2 Å². The molecule has 0 atom stereocenters. The van der Waals surface area contributed by atoms with Crippen LogP contribution in [0.4, 0.5) is 29.5 Å². The van der Waals surface area contributed by atoms with E-state index in [0.717, 1.165) is 0 Å². The Labute approximate surface area is 178 Å². The van der Waals surface area contributed by atoms with Crippen LogP contribution >= 0.6 is 23.2 Å². The summed E-state index contributed by atoms with van der Waals surface area (Å²) in [4.78, 5) is 15.8. The lowest BCUT2D eigenvalue weighted by molar-refractivity contribution is -0.146. The molecular weight excluding hydrogens is 446 g/mol. The second-order valence-corrected chi connectivity index (χ2v) is 7.33. The van der Waals surface area contributed by atoms with E-state index in [1.165, 1.54) is 6.07 Å². The predicted octanol–water partition coefficient (Wildman–Crippen LogP) is 3.80. The number of carbonyl (C=O) groups is 1. The Morgan fingerprint density at radius 1 is 1.00 bits per heavy atom. The zero-order valence-electron chi connectivity index (χ0n) is 15.2. The van der Waals surface area contributed by atoms with Gasteiger partial charge >= 0.3 is 12.2 Å². The Bertz CT molecular complexity index is 1100. The fraction of sp³-hybridized carbons (Fsp3) is 0.294. The third kappa shape index (κ3) is 4.08. The molecule has 0 bridgehead atoms. The highest BCUT2D eigenvalue weighted by Gasteiger charge is 2.38. The van der Waals surface area contributed by atoms with Gasteiger partial charge in [-0.2, -0.15) is 17.7 Å². The van der Waals surface area contributed by atoms with Crippen molar-refractivity contribution in [3.05, 3.63) is 46.2 Å². The molecule has 4 rings (SSSR count). The van der Waals surface area contributed by atoms with Gasteiger partial charge in [0.1, 0.15) is 5.82 Å². The van der Waals surface area contributed by atoms with Crippen LogP contribution in [0, 0.1) is 0 Å². The van der Waals surface area contributed by atoms with Crippen molar-refractivity contribution < 1.29 is 18.0 Å². The van der Waals surface area contributed by atoms with E-state index in [9.17, 15) is 18.0 Å². The molecular formula is C17H14Cl2F3N7O. The summed E-state index contributed by atoms with van der Waals surface area (Å²) in [6.45, 7) is 1.52. The minimum Gasteiger partial charge on any atom is -0.352 e. The van der Waals surface area contributed by atoms with Gasteiger partial charge in [-0.05, 0) is 30.3 Å². The number of hydrogen-bond acceptors (Lipinski definition) is 5. The average molecular weight is 460 g/mol. The number of piperazine rings is 1. The average Bonchev–Trinajstić information content (AvgIpc) is 3.14. The van der Waals surface area contributed by atoms with E-state index < -0.39 is 12.0 Å². The van der Waals surface area contributed by atoms with E-state index in [-0.39, 0.29) is 11.7 Å². The summed E-state index contributed by atoms with van der Waals surface area (Å²) >= 11 is 11.8. The number of halogens is 5. The molecule has 1 aliphatic heterocycles. The third-order valence-electron chi connectivity index (χ3n) is 4.56. The first kappa shape index (κ1) is 20.5. The number of urea groups is 1. The van der Waals surface area contributed by atoms with Crippen molar-refractivity contribution in [3.63, 3.8) is 0 Å². The van der Waals surface area contributed by atoms with Crippen LogP contribution in [-0.4, -0.2) is 56.9 Å². The molecule has 0 aliphatic carbocycles. The molecule has 0 saturated carbocycles. The van der Waals surface area contributed by atoms with Gasteiger partial charge in [0.2, 0.25) is 0 Å². The number of benzene rings is 1.